The molecule has 34 heavy (non-hydrogen) atoms. The van der Waals surface area contributed by atoms with Crippen molar-refractivity contribution in [3.05, 3.63) is 70.6 Å². The first-order valence-electron chi connectivity index (χ1n) is 10.3. The summed E-state index contributed by atoms with van der Waals surface area (Å²) in [4.78, 5) is 30.6. The minimum absolute atomic E-state index is 0.0422. The van der Waals surface area contributed by atoms with Gasteiger partial charge in [-0.3, -0.25) is 14.2 Å². The molecule has 1 aliphatic heterocycles. The van der Waals surface area contributed by atoms with Crippen molar-refractivity contribution >= 4 is 44.4 Å². The number of anilines is 1. The van der Waals surface area contributed by atoms with Gasteiger partial charge in [-0.2, -0.15) is 5.10 Å². The molecule has 4 aromatic rings. The van der Waals surface area contributed by atoms with Crippen molar-refractivity contribution in [3.8, 4) is 5.69 Å². The number of nitrogens with two attached hydrogens (primary N) is 1. The van der Waals surface area contributed by atoms with Crippen molar-refractivity contribution in [2.24, 2.45) is 5.14 Å². The van der Waals surface area contributed by atoms with Crippen molar-refractivity contribution in [2.45, 2.75) is 29.4 Å². The Morgan fingerprint density at radius 3 is 2.71 bits per heavy atom. The number of nitrogens with one attached hydrogen (secondary N) is 1. The van der Waals surface area contributed by atoms with Crippen molar-refractivity contribution in [1.29, 1.82) is 0 Å². The third kappa shape index (κ3) is 4.11. The van der Waals surface area contributed by atoms with Gasteiger partial charge in [-0.15, -0.1) is 0 Å². The Labute approximate surface area is 198 Å². The Morgan fingerprint density at radius 2 is 2.00 bits per heavy atom. The summed E-state index contributed by atoms with van der Waals surface area (Å²) in [5.74, 6) is 0.231. The number of carbonyl (C=O) groups is 1. The zero-order valence-corrected chi connectivity index (χ0v) is 19.6. The number of aryl methyl sites for hydroxylation is 1. The summed E-state index contributed by atoms with van der Waals surface area (Å²) in [5, 5.41) is 13.1. The number of hydrogen-bond donors (Lipinski definition) is 2. The largest absolute Gasteiger partial charge is 0.326 e. The Balaban J connectivity index is 1.39. The quantitative estimate of drug-likeness (QED) is 0.403. The third-order valence-electron chi connectivity index (χ3n) is 5.50. The lowest BCUT2D eigenvalue weighted by atomic mass is 10.2. The number of carbonyl (C=O) groups excluding carboxylic acids is 1. The second kappa shape index (κ2) is 8.38. The Morgan fingerprint density at radius 1 is 1.24 bits per heavy atom. The lowest BCUT2D eigenvalue weighted by Crippen LogP contribution is -2.27. The molecular formula is C22H20N6O4S2. The molecule has 3 heterocycles. The number of amides is 1. The number of fused-ring (bicyclic) bond motifs is 2. The highest BCUT2D eigenvalue weighted by Gasteiger charge is 2.29. The van der Waals surface area contributed by atoms with Gasteiger partial charge in [0.2, 0.25) is 15.9 Å². The number of sulfonamides is 1. The highest BCUT2D eigenvalue weighted by Crippen LogP contribution is 2.33. The van der Waals surface area contributed by atoms with Crippen LogP contribution in [0.1, 0.15) is 18.0 Å². The van der Waals surface area contributed by atoms with E-state index in [-0.39, 0.29) is 28.8 Å². The molecule has 174 valence electrons. The summed E-state index contributed by atoms with van der Waals surface area (Å²) in [6.07, 6.45) is 1.57. The highest BCUT2D eigenvalue weighted by atomic mass is 32.2. The average Bonchev–Trinajstić information content (AvgIpc) is 3.38. The number of nitrogens with zero attached hydrogens (tertiary/aromatic N) is 4. The van der Waals surface area contributed by atoms with E-state index in [4.69, 9.17) is 5.14 Å². The van der Waals surface area contributed by atoms with Gasteiger partial charge in [0, 0.05) is 17.9 Å². The van der Waals surface area contributed by atoms with Crippen molar-refractivity contribution in [3.63, 3.8) is 0 Å². The Kier molecular flexibility index (Phi) is 5.50. The number of thioether (sulfide) groups is 1. The molecule has 0 fully saturated rings. The van der Waals surface area contributed by atoms with E-state index in [2.05, 4.69) is 15.4 Å². The third-order valence-corrected chi connectivity index (χ3v) is 7.53. The molecular weight excluding hydrogens is 476 g/mol. The standard InChI is InChI=1S/C22H20N6O4S2/c1-13-3-2-4-15(9-13)28-20-18(11-24-28)21(30)27-16(12-33-22(27)26-20)10-19(29)25-14-5-7-17(8-6-14)34(23,31)32/h2-9,11,16H,10,12H2,1H3,(H,25,29)(H2,23,31,32). The molecule has 0 bridgehead atoms. The van der Waals surface area contributed by atoms with Crippen LogP contribution in [0.25, 0.3) is 16.7 Å². The smallest absolute Gasteiger partial charge is 0.265 e. The van der Waals surface area contributed by atoms with Gasteiger partial charge in [0.05, 0.1) is 22.8 Å². The fourth-order valence-corrected chi connectivity index (χ4v) is 5.53. The Bertz CT molecular complexity index is 1590. The molecule has 3 N–H and O–H groups in total. The van der Waals surface area contributed by atoms with Crippen LogP contribution in [0.4, 0.5) is 5.69 Å². The van der Waals surface area contributed by atoms with Crippen LogP contribution in [-0.2, 0) is 14.8 Å². The summed E-state index contributed by atoms with van der Waals surface area (Å²) in [5.41, 5.74) is 2.57. The summed E-state index contributed by atoms with van der Waals surface area (Å²) >= 11 is 1.42. The van der Waals surface area contributed by atoms with E-state index >= 15 is 0 Å². The zero-order valence-electron chi connectivity index (χ0n) is 18.0. The topological polar surface area (TPSA) is 142 Å². The van der Waals surface area contributed by atoms with Gasteiger partial charge in [0.15, 0.2) is 10.8 Å². The molecule has 1 amide bonds. The van der Waals surface area contributed by atoms with Crippen molar-refractivity contribution in [1.82, 2.24) is 19.3 Å². The van der Waals surface area contributed by atoms with E-state index in [0.717, 1.165) is 11.3 Å². The van der Waals surface area contributed by atoms with E-state index < -0.39 is 10.0 Å². The van der Waals surface area contributed by atoms with Crippen LogP contribution in [0.15, 0.2) is 69.6 Å². The Hall–Kier alpha value is -3.48. The second-order valence-corrected chi connectivity index (χ2v) is 10.5. The molecule has 5 rings (SSSR count). The molecule has 0 saturated heterocycles. The summed E-state index contributed by atoms with van der Waals surface area (Å²) in [7, 11) is -3.81. The number of rotatable bonds is 5. The van der Waals surface area contributed by atoms with E-state index in [1.54, 1.807) is 9.25 Å². The number of primary sulfonamides is 1. The van der Waals surface area contributed by atoms with Crippen LogP contribution in [0.2, 0.25) is 0 Å². The molecule has 0 radical (unpaired) electrons. The van der Waals surface area contributed by atoms with Crippen LogP contribution in [0, 0.1) is 6.92 Å². The van der Waals surface area contributed by atoms with Crippen molar-refractivity contribution in [2.75, 3.05) is 11.1 Å². The van der Waals surface area contributed by atoms with Crippen LogP contribution < -0.4 is 16.0 Å². The summed E-state index contributed by atoms with van der Waals surface area (Å²) in [6.45, 7) is 1.98. The van der Waals surface area contributed by atoms with Gasteiger partial charge in [0.25, 0.3) is 5.56 Å². The number of benzene rings is 2. The molecule has 1 unspecified atom stereocenters. The van der Waals surface area contributed by atoms with Crippen LogP contribution >= 0.6 is 11.8 Å². The lowest BCUT2D eigenvalue weighted by molar-refractivity contribution is -0.116. The number of hydrogen-bond acceptors (Lipinski definition) is 7. The predicted octanol–water partition coefficient (Wildman–Crippen LogP) is 2.21. The maximum absolute atomic E-state index is 13.3. The van der Waals surface area contributed by atoms with Gasteiger partial charge in [-0.05, 0) is 48.9 Å². The fourth-order valence-electron chi connectivity index (χ4n) is 3.88. The zero-order chi connectivity index (χ0) is 24.0. The SMILES string of the molecule is Cc1cccc(-n2ncc3c(=O)n4c(nc32)SCC4CC(=O)Nc2ccc(S(N)(=O)=O)cc2)c1. The van der Waals surface area contributed by atoms with Gasteiger partial charge >= 0.3 is 0 Å². The van der Waals surface area contributed by atoms with Crippen LogP contribution in [0.5, 0.6) is 0 Å². The van der Waals surface area contributed by atoms with Crippen molar-refractivity contribution < 1.29 is 13.2 Å². The van der Waals surface area contributed by atoms with E-state index in [1.165, 1.54) is 42.2 Å². The first-order valence-corrected chi connectivity index (χ1v) is 12.9. The first kappa shape index (κ1) is 22.3. The molecule has 0 aliphatic carbocycles. The minimum atomic E-state index is -3.81. The maximum atomic E-state index is 13.3. The summed E-state index contributed by atoms with van der Waals surface area (Å²) in [6, 6.07) is 13.0. The average molecular weight is 497 g/mol. The van der Waals surface area contributed by atoms with Gasteiger partial charge in [0.1, 0.15) is 5.39 Å². The van der Waals surface area contributed by atoms with Crippen LogP contribution in [0.3, 0.4) is 0 Å². The normalized spacial score (nSPS) is 15.4. The first-order chi connectivity index (χ1) is 16.2. The highest BCUT2D eigenvalue weighted by molar-refractivity contribution is 7.99. The minimum Gasteiger partial charge on any atom is -0.326 e. The van der Waals surface area contributed by atoms with E-state index in [1.807, 2.05) is 31.2 Å². The monoisotopic (exact) mass is 496 g/mol. The molecule has 1 atom stereocenters. The molecule has 12 heteroatoms. The maximum Gasteiger partial charge on any atom is 0.265 e. The molecule has 1 aliphatic rings. The molecule has 2 aromatic carbocycles. The molecule has 10 nitrogen and oxygen atoms in total. The van der Waals surface area contributed by atoms with E-state index in [0.29, 0.717) is 27.6 Å². The molecule has 0 spiro atoms. The summed E-state index contributed by atoms with van der Waals surface area (Å²) < 4.78 is 26.0. The lowest BCUT2D eigenvalue weighted by Gasteiger charge is -2.13. The molecule has 2 aromatic heterocycles. The predicted molar refractivity (Wildman–Crippen MR) is 129 cm³/mol. The fraction of sp³-hybridized carbons (Fsp3) is 0.182. The van der Waals surface area contributed by atoms with Gasteiger partial charge in [-0.25, -0.2) is 23.2 Å². The second-order valence-electron chi connectivity index (χ2n) is 7.99. The van der Waals surface area contributed by atoms with Crippen LogP contribution in [-0.4, -0.2) is 39.4 Å². The van der Waals surface area contributed by atoms with Gasteiger partial charge < -0.3 is 5.32 Å². The molecule has 0 saturated carbocycles. The number of aromatic nitrogens is 4. The van der Waals surface area contributed by atoms with Gasteiger partial charge in [-0.1, -0.05) is 23.9 Å². The van der Waals surface area contributed by atoms with E-state index in [9.17, 15) is 18.0 Å².